The minimum absolute atomic E-state index is 0. The molecule has 1 heterocycles. The second kappa shape index (κ2) is 9.16. The lowest BCUT2D eigenvalue weighted by Crippen LogP contribution is -2.40. The second-order valence-corrected chi connectivity index (χ2v) is 8.70. The predicted molar refractivity (Wildman–Crippen MR) is 82.1 cm³/mol. The molecule has 1 fully saturated rings. The Kier molecular flexibility index (Phi) is 9.19. The molecule has 1 unspecified atom stereocenters. The van der Waals surface area contributed by atoms with E-state index < -0.39 is 20.0 Å². The summed E-state index contributed by atoms with van der Waals surface area (Å²) in [5, 5.41) is 3.22. The van der Waals surface area contributed by atoms with Crippen molar-refractivity contribution in [3.8, 4) is 0 Å². The van der Waals surface area contributed by atoms with Crippen LogP contribution in [0.4, 0.5) is 0 Å². The van der Waals surface area contributed by atoms with Crippen LogP contribution in [0.25, 0.3) is 0 Å². The minimum Gasteiger partial charge on any atom is -0.316 e. The summed E-state index contributed by atoms with van der Waals surface area (Å²) in [4.78, 5) is 0. The Hall–Kier alpha value is 0.0700. The second-order valence-electron chi connectivity index (χ2n) is 4.68. The largest absolute Gasteiger partial charge is 0.316 e. The topological polar surface area (TPSA) is 104 Å². The summed E-state index contributed by atoms with van der Waals surface area (Å²) in [5.74, 6) is 0.0384. The molecule has 10 heteroatoms. The standard InChI is InChI=1S/C10H23N3O4S2.ClH/c1-2-18(14,15)12-6-7-19(16,17)13-9-10-4-3-5-11-8-10;/h10-13H,2-9H2,1H3;1H. The van der Waals surface area contributed by atoms with Crippen molar-refractivity contribution in [2.24, 2.45) is 5.92 Å². The van der Waals surface area contributed by atoms with E-state index in [4.69, 9.17) is 0 Å². The lowest BCUT2D eigenvalue weighted by atomic mass is 10.0. The Balaban J connectivity index is 0.00000361. The van der Waals surface area contributed by atoms with Crippen LogP contribution in [0.5, 0.6) is 0 Å². The van der Waals surface area contributed by atoms with Gasteiger partial charge < -0.3 is 5.32 Å². The summed E-state index contributed by atoms with van der Waals surface area (Å²) in [6, 6.07) is 0. The molecule has 0 saturated carbocycles. The van der Waals surface area contributed by atoms with Crippen LogP contribution in [0.2, 0.25) is 0 Å². The highest BCUT2D eigenvalue weighted by molar-refractivity contribution is 7.90. The fraction of sp³-hybridized carbons (Fsp3) is 1.00. The molecule has 7 nitrogen and oxygen atoms in total. The quantitative estimate of drug-likeness (QED) is 0.535. The first kappa shape index (κ1) is 20.1. The van der Waals surface area contributed by atoms with Gasteiger partial charge in [-0.1, -0.05) is 0 Å². The first-order valence-corrected chi connectivity index (χ1v) is 9.80. The minimum atomic E-state index is -3.42. The van der Waals surface area contributed by atoms with Gasteiger partial charge in [0.25, 0.3) is 0 Å². The van der Waals surface area contributed by atoms with Crippen molar-refractivity contribution in [1.29, 1.82) is 0 Å². The fourth-order valence-corrected chi connectivity index (χ4v) is 3.60. The van der Waals surface area contributed by atoms with Gasteiger partial charge in [0.2, 0.25) is 20.0 Å². The van der Waals surface area contributed by atoms with E-state index in [0.29, 0.717) is 12.5 Å². The molecule has 1 atom stereocenters. The van der Waals surface area contributed by atoms with Gasteiger partial charge >= 0.3 is 0 Å². The van der Waals surface area contributed by atoms with Crippen LogP contribution in [-0.4, -0.2) is 54.5 Å². The third kappa shape index (κ3) is 8.38. The maximum atomic E-state index is 11.7. The summed E-state index contributed by atoms with van der Waals surface area (Å²) in [7, 11) is -6.75. The van der Waals surface area contributed by atoms with E-state index in [1.165, 1.54) is 6.92 Å². The van der Waals surface area contributed by atoms with Gasteiger partial charge in [-0.05, 0) is 38.8 Å². The lowest BCUT2D eigenvalue weighted by Gasteiger charge is -2.22. The van der Waals surface area contributed by atoms with Gasteiger partial charge in [-0.2, -0.15) is 0 Å². The summed E-state index contributed by atoms with van der Waals surface area (Å²) in [6.45, 7) is 3.64. The van der Waals surface area contributed by atoms with Gasteiger partial charge in [-0.25, -0.2) is 26.3 Å². The van der Waals surface area contributed by atoms with Crippen LogP contribution in [0.15, 0.2) is 0 Å². The van der Waals surface area contributed by atoms with E-state index in [-0.39, 0.29) is 30.5 Å². The SMILES string of the molecule is CCS(=O)(=O)NCCS(=O)(=O)NCC1CCCNC1.Cl. The predicted octanol–water partition coefficient (Wildman–Crippen LogP) is -0.733. The molecule has 0 radical (unpaired) electrons. The van der Waals surface area contributed by atoms with Gasteiger partial charge in [0.05, 0.1) is 11.5 Å². The molecule has 0 spiro atoms. The van der Waals surface area contributed by atoms with Crippen LogP contribution in [-0.2, 0) is 20.0 Å². The van der Waals surface area contributed by atoms with Crippen molar-refractivity contribution in [3.05, 3.63) is 0 Å². The van der Waals surface area contributed by atoms with Crippen LogP contribution < -0.4 is 14.8 Å². The zero-order valence-electron chi connectivity index (χ0n) is 11.6. The Bertz CT molecular complexity index is 461. The molecule has 0 aliphatic carbocycles. The monoisotopic (exact) mass is 349 g/mol. The molecule has 1 aliphatic heterocycles. The fourth-order valence-electron chi connectivity index (χ4n) is 1.85. The molecule has 0 aromatic carbocycles. The molecule has 1 rings (SSSR count). The highest BCUT2D eigenvalue weighted by atomic mass is 35.5. The van der Waals surface area contributed by atoms with Crippen molar-refractivity contribution in [3.63, 3.8) is 0 Å². The highest BCUT2D eigenvalue weighted by Crippen LogP contribution is 2.08. The number of nitrogens with one attached hydrogen (secondary N) is 3. The molecule has 0 bridgehead atoms. The summed E-state index contributed by atoms with van der Waals surface area (Å²) in [6.07, 6.45) is 2.07. The molecular weight excluding hydrogens is 326 g/mol. The molecule has 1 aliphatic rings. The van der Waals surface area contributed by atoms with Crippen molar-refractivity contribution < 1.29 is 16.8 Å². The van der Waals surface area contributed by atoms with Gasteiger partial charge in [-0.3, -0.25) is 0 Å². The molecule has 0 aromatic heterocycles. The van der Waals surface area contributed by atoms with E-state index in [1.54, 1.807) is 0 Å². The van der Waals surface area contributed by atoms with Crippen LogP contribution >= 0.6 is 12.4 Å². The van der Waals surface area contributed by atoms with Gasteiger partial charge in [0.1, 0.15) is 0 Å². The first-order chi connectivity index (χ1) is 8.85. The maximum absolute atomic E-state index is 11.7. The zero-order valence-corrected chi connectivity index (χ0v) is 14.0. The summed E-state index contributed by atoms with van der Waals surface area (Å²) in [5.41, 5.74) is 0. The number of hydrogen-bond acceptors (Lipinski definition) is 5. The van der Waals surface area contributed by atoms with Gasteiger partial charge in [-0.15, -0.1) is 12.4 Å². The Morgan fingerprint density at radius 1 is 1.15 bits per heavy atom. The van der Waals surface area contributed by atoms with E-state index in [1.807, 2.05) is 0 Å². The Morgan fingerprint density at radius 2 is 1.85 bits per heavy atom. The van der Waals surface area contributed by atoms with Crippen molar-refractivity contribution >= 4 is 32.5 Å². The molecule has 0 amide bonds. The maximum Gasteiger partial charge on any atom is 0.212 e. The highest BCUT2D eigenvalue weighted by Gasteiger charge is 2.17. The summed E-state index contributed by atoms with van der Waals surface area (Å²) < 4.78 is 50.4. The van der Waals surface area contributed by atoms with Crippen molar-refractivity contribution in [1.82, 2.24) is 14.8 Å². The molecule has 1 saturated heterocycles. The van der Waals surface area contributed by atoms with E-state index in [9.17, 15) is 16.8 Å². The molecule has 20 heavy (non-hydrogen) atoms. The number of rotatable bonds is 8. The van der Waals surface area contributed by atoms with E-state index >= 15 is 0 Å². The molecule has 0 aromatic rings. The van der Waals surface area contributed by atoms with Crippen LogP contribution in [0, 0.1) is 5.92 Å². The molecule has 3 N–H and O–H groups in total. The van der Waals surface area contributed by atoms with Gasteiger partial charge in [0, 0.05) is 13.1 Å². The number of hydrogen-bond donors (Lipinski definition) is 3. The van der Waals surface area contributed by atoms with E-state index in [0.717, 1.165) is 25.9 Å². The third-order valence-corrected chi connectivity index (χ3v) is 5.82. The van der Waals surface area contributed by atoms with Gasteiger partial charge in [0.15, 0.2) is 0 Å². The summed E-state index contributed by atoms with van der Waals surface area (Å²) >= 11 is 0. The number of sulfonamides is 2. The lowest BCUT2D eigenvalue weighted by molar-refractivity contribution is 0.376. The normalized spacial score (nSPS) is 20.4. The zero-order chi connectivity index (χ0) is 14.4. The van der Waals surface area contributed by atoms with Crippen molar-refractivity contribution in [2.45, 2.75) is 19.8 Å². The average Bonchev–Trinajstić information content (AvgIpc) is 2.37. The third-order valence-electron chi connectivity index (χ3n) is 3.06. The number of halogens is 1. The number of piperidine rings is 1. The smallest absolute Gasteiger partial charge is 0.212 e. The van der Waals surface area contributed by atoms with Crippen LogP contribution in [0.3, 0.4) is 0 Å². The molecular formula is C10H24ClN3O4S2. The van der Waals surface area contributed by atoms with E-state index in [2.05, 4.69) is 14.8 Å². The average molecular weight is 350 g/mol. The van der Waals surface area contributed by atoms with Crippen LogP contribution in [0.1, 0.15) is 19.8 Å². The Labute approximate surface area is 127 Å². The first-order valence-electron chi connectivity index (χ1n) is 6.50. The van der Waals surface area contributed by atoms with Crippen molar-refractivity contribution in [2.75, 3.05) is 37.7 Å². The molecule has 122 valence electrons. The Morgan fingerprint density at radius 3 is 2.40 bits per heavy atom.